The van der Waals surface area contributed by atoms with Gasteiger partial charge in [0.25, 0.3) is 0 Å². The number of aromatic amines is 1. The van der Waals surface area contributed by atoms with Crippen molar-refractivity contribution in [2.75, 3.05) is 5.84 Å². The van der Waals surface area contributed by atoms with E-state index in [2.05, 4.69) is 20.1 Å². The highest BCUT2D eigenvalue weighted by Crippen LogP contribution is 2.23. The summed E-state index contributed by atoms with van der Waals surface area (Å²) in [4.78, 5) is 12.6. The van der Waals surface area contributed by atoms with E-state index in [-0.39, 0.29) is 0 Å². The van der Waals surface area contributed by atoms with E-state index in [9.17, 15) is 0 Å². The third-order valence-electron chi connectivity index (χ3n) is 2.23. The van der Waals surface area contributed by atoms with Crippen molar-refractivity contribution in [2.45, 2.75) is 0 Å². The Morgan fingerprint density at radius 2 is 2.27 bits per heavy atom. The van der Waals surface area contributed by atoms with Crippen LogP contribution in [0.5, 0.6) is 0 Å². The maximum Gasteiger partial charge on any atom is 0.141 e. The summed E-state index contributed by atoms with van der Waals surface area (Å²) in [6.07, 6.45) is 6.74. The van der Waals surface area contributed by atoms with Gasteiger partial charge in [0.1, 0.15) is 12.0 Å². The molecule has 0 saturated carbocycles. The minimum absolute atomic E-state index is 0.810. The lowest BCUT2D eigenvalue weighted by Crippen LogP contribution is -2.07. The second kappa shape index (κ2) is 2.81. The molecule has 3 aromatic heterocycles. The molecule has 0 aliphatic rings. The largest absolute Gasteiger partial charge is 0.346 e. The van der Waals surface area contributed by atoms with Crippen molar-refractivity contribution in [2.24, 2.45) is 0 Å². The molecule has 6 heteroatoms. The van der Waals surface area contributed by atoms with Gasteiger partial charge in [-0.05, 0) is 6.07 Å². The Balaban J connectivity index is 2.30. The molecule has 3 N–H and O–H groups in total. The second-order valence-electron chi connectivity index (χ2n) is 3.17. The van der Waals surface area contributed by atoms with Crippen LogP contribution < -0.4 is 5.84 Å². The van der Waals surface area contributed by atoms with Gasteiger partial charge in [-0.15, -0.1) is 0 Å². The van der Waals surface area contributed by atoms with E-state index in [4.69, 9.17) is 5.84 Å². The zero-order valence-corrected chi connectivity index (χ0v) is 7.75. The van der Waals surface area contributed by atoms with Gasteiger partial charge in [0.05, 0.1) is 18.1 Å². The fraction of sp³-hybridized carbons (Fsp3) is 0. The number of nitrogen functional groups attached to an aromatic ring is 1. The molecule has 0 aliphatic carbocycles. The molecule has 0 radical (unpaired) electrons. The van der Waals surface area contributed by atoms with Crippen molar-refractivity contribution in [1.29, 1.82) is 0 Å². The van der Waals surface area contributed by atoms with Gasteiger partial charge in [-0.1, -0.05) is 0 Å². The number of nitrogens with one attached hydrogen (secondary N) is 1. The van der Waals surface area contributed by atoms with Crippen LogP contribution in [0.15, 0.2) is 31.0 Å². The number of fused-ring (bicyclic) bond motifs is 1. The van der Waals surface area contributed by atoms with Crippen LogP contribution in [-0.2, 0) is 0 Å². The Morgan fingerprint density at radius 1 is 1.33 bits per heavy atom. The molecule has 0 aliphatic heterocycles. The molecule has 3 rings (SSSR count). The van der Waals surface area contributed by atoms with Gasteiger partial charge < -0.3 is 10.8 Å². The van der Waals surface area contributed by atoms with E-state index < -0.39 is 0 Å². The zero-order valence-electron chi connectivity index (χ0n) is 7.75. The highest BCUT2D eigenvalue weighted by Gasteiger charge is 2.08. The summed E-state index contributed by atoms with van der Waals surface area (Å²) < 4.78 is 0. The van der Waals surface area contributed by atoms with Crippen LogP contribution in [0, 0.1) is 0 Å². The molecule has 15 heavy (non-hydrogen) atoms. The van der Waals surface area contributed by atoms with Crippen molar-refractivity contribution in [3.63, 3.8) is 0 Å². The number of rotatable bonds is 1. The van der Waals surface area contributed by atoms with E-state index in [1.54, 1.807) is 12.4 Å². The average molecular weight is 200 g/mol. The van der Waals surface area contributed by atoms with Crippen molar-refractivity contribution >= 4 is 11.0 Å². The van der Waals surface area contributed by atoms with E-state index in [0.717, 1.165) is 22.3 Å². The Kier molecular flexibility index (Phi) is 1.49. The fourth-order valence-corrected chi connectivity index (χ4v) is 1.56. The SMILES string of the molecule is Nn1cc(-c2ncnc3[nH]ccc23)cn1. The lowest BCUT2D eigenvalue weighted by Gasteiger charge is -1.96. The molecule has 0 fully saturated rings. The predicted molar refractivity (Wildman–Crippen MR) is 55.3 cm³/mol. The van der Waals surface area contributed by atoms with Gasteiger partial charge in [-0.2, -0.15) is 9.89 Å². The van der Waals surface area contributed by atoms with Crippen LogP contribution in [0.4, 0.5) is 0 Å². The van der Waals surface area contributed by atoms with Crippen LogP contribution in [0.2, 0.25) is 0 Å². The van der Waals surface area contributed by atoms with Crippen LogP contribution in [0.1, 0.15) is 0 Å². The molecular weight excluding hydrogens is 192 g/mol. The van der Waals surface area contributed by atoms with Gasteiger partial charge in [-0.3, -0.25) is 0 Å². The van der Waals surface area contributed by atoms with Crippen molar-refractivity contribution < 1.29 is 0 Å². The molecule has 0 bridgehead atoms. The lowest BCUT2D eigenvalue weighted by atomic mass is 10.2. The first-order chi connectivity index (χ1) is 7.34. The lowest BCUT2D eigenvalue weighted by molar-refractivity contribution is 0.832. The topological polar surface area (TPSA) is 85.4 Å². The molecule has 0 saturated heterocycles. The fourth-order valence-electron chi connectivity index (χ4n) is 1.56. The quantitative estimate of drug-likeness (QED) is 0.561. The summed E-state index contributed by atoms with van der Waals surface area (Å²) in [5.41, 5.74) is 2.52. The Morgan fingerprint density at radius 3 is 3.07 bits per heavy atom. The summed E-state index contributed by atoms with van der Waals surface area (Å²) in [5, 5.41) is 4.87. The summed E-state index contributed by atoms with van der Waals surface area (Å²) in [6, 6.07) is 1.93. The molecular formula is C9H8N6. The van der Waals surface area contributed by atoms with Gasteiger partial charge in [-0.25, -0.2) is 9.97 Å². The first kappa shape index (κ1) is 7.98. The van der Waals surface area contributed by atoms with Gasteiger partial charge in [0.2, 0.25) is 0 Å². The summed E-state index contributed by atoms with van der Waals surface area (Å²) in [7, 11) is 0. The Bertz CT molecular complexity index is 608. The van der Waals surface area contributed by atoms with E-state index in [1.165, 1.54) is 11.1 Å². The molecule has 74 valence electrons. The molecule has 3 heterocycles. The minimum atomic E-state index is 0.810. The maximum atomic E-state index is 5.49. The first-order valence-corrected chi connectivity index (χ1v) is 4.43. The van der Waals surface area contributed by atoms with Gasteiger partial charge >= 0.3 is 0 Å². The van der Waals surface area contributed by atoms with Crippen molar-refractivity contribution in [3.8, 4) is 11.3 Å². The highest BCUT2D eigenvalue weighted by atomic mass is 15.5. The molecule has 0 amide bonds. The third-order valence-corrected chi connectivity index (χ3v) is 2.23. The van der Waals surface area contributed by atoms with Gasteiger partial charge in [0.15, 0.2) is 0 Å². The third kappa shape index (κ3) is 1.15. The highest BCUT2D eigenvalue weighted by molar-refractivity contribution is 5.89. The number of hydrogen-bond acceptors (Lipinski definition) is 4. The second-order valence-corrected chi connectivity index (χ2v) is 3.17. The molecule has 3 aromatic rings. The van der Waals surface area contributed by atoms with E-state index >= 15 is 0 Å². The van der Waals surface area contributed by atoms with E-state index in [0.29, 0.717) is 0 Å². The maximum absolute atomic E-state index is 5.49. The first-order valence-electron chi connectivity index (χ1n) is 4.43. The number of nitrogens with zero attached hydrogens (tertiary/aromatic N) is 4. The van der Waals surface area contributed by atoms with Crippen LogP contribution >= 0.6 is 0 Å². The van der Waals surface area contributed by atoms with E-state index in [1.807, 2.05) is 12.3 Å². The summed E-state index contributed by atoms with van der Waals surface area (Å²) in [5.74, 6) is 5.49. The monoisotopic (exact) mass is 200 g/mol. The zero-order chi connectivity index (χ0) is 10.3. The smallest absolute Gasteiger partial charge is 0.141 e. The summed E-state index contributed by atoms with van der Waals surface area (Å²) in [6.45, 7) is 0. The predicted octanol–water partition coefficient (Wildman–Crippen LogP) is 0.535. The van der Waals surface area contributed by atoms with Crippen molar-refractivity contribution in [3.05, 3.63) is 31.0 Å². The number of H-pyrrole nitrogens is 1. The number of nitrogens with two attached hydrogens (primary N) is 1. The Labute approximate surface area is 84.7 Å². The average Bonchev–Trinajstić information content (AvgIpc) is 2.84. The molecule has 0 atom stereocenters. The standard InChI is InChI=1S/C9H8N6/c10-15-4-6(3-14-15)8-7-1-2-11-9(7)13-5-12-8/h1-5H,10H2,(H,11,12,13). The molecule has 6 nitrogen and oxygen atoms in total. The molecule has 0 aromatic carbocycles. The number of hydrogen-bond donors (Lipinski definition) is 2. The normalized spacial score (nSPS) is 10.9. The van der Waals surface area contributed by atoms with Crippen LogP contribution in [0.25, 0.3) is 22.3 Å². The summed E-state index contributed by atoms with van der Waals surface area (Å²) >= 11 is 0. The van der Waals surface area contributed by atoms with Crippen molar-refractivity contribution in [1.82, 2.24) is 24.8 Å². The van der Waals surface area contributed by atoms with Crippen LogP contribution in [-0.4, -0.2) is 24.8 Å². The Hall–Kier alpha value is -2.37. The van der Waals surface area contributed by atoms with Crippen LogP contribution in [0.3, 0.4) is 0 Å². The molecule has 0 spiro atoms. The molecule has 0 unspecified atom stereocenters. The van der Waals surface area contributed by atoms with Gasteiger partial charge in [0, 0.05) is 17.1 Å². The number of aromatic nitrogens is 5. The minimum Gasteiger partial charge on any atom is -0.346 e.